The Balaban J connectivity index is 1.50. The van der Waals surface area contributed by atoms with E-state index in [1.165, 1.54) is 0 Å². The molecule has 6 nitrogen and oxygen atoms in total. The van der Waals surface area contributed by atoms with Gasteiger partial charge in [-0.2, -0.15) is 0 Å². The molecule has 0 saturated carbocycles. The van der Waals surface area contributed by atoms with E-state index < -0.39 is 5.41 Å². The van der Waals surface area contributed by atoms with E-state index >= 15 is 0 Å². The van der Waals surface area contributed by atoms with Gasteiger partial charge in [0, 0.05) is 42.8 Å². The molecule has 25 heavy (non-hydrogen) atoms. The molecule has 0 radical (unpaired) electrons. The number of piperidine rings is 1. The van der Waals surface area contributed by atoms with Gasteiger partial charge in [0.2, 0.25) is 5.91 Å². The Hall–Kier alpha value is -2.63. The van der Waals surface area contributed by atoms with Crippen molar-refractivity contribution in [2.75, 3.05) is 18.4 Å². The van der Waals surface area contributed by atoms with Crippen molar-refractivity contribution in [2.45, 2.75) is 38.1 Å². The molecule has 0 spiro atoms. The highest BCUT2D eigenvalue weighted by molar-refractivity contribution is 6.07. The van der Waals surface area contributed by atoms with Crippen LogP contribution < -0.4 is 5.32 Å². The number of likely N-dealkylation sites (tertiary alicyclic amines) is 1. The Morgan fingerprint density at radius 2 is 2.04 bits per heavy atom. The van der Waals surface area contributed by atoms with Crippen molar-refractivity contribution in [3.05, 3.63) is 48.0 Å². The number of fused-ring (bicyclic) bond motifs is 1. The van der Waals surface area contributed by atoms with Gasteiger partial charge in [0.05, 0.1) is 11.7 Å². The first-order chi connectivity index (χ1) is 12.0. The summed E-state index contributed by atoms with van der Waals surface area (Å²) >= 11 is 0. The molecule has 0 bridgehead atoms. The maximum atomic E-state index is 12.9. The molecule has 2 aromatic rings. The number of hydrogen-bond donors (Lipinski definition) is 1. The van der Waals surface area contributed by atoms with Gasteiger partial charge >= 0.3 is 0 Å². The molecular weight excluding hydrogens is 316 g/mol. The molecule has 0 aliphatic carbocycles. The predicted octanol–water partition coefficient (Wildman–Crippen LogP) is 2.59. The Kier molecular flexibility index (Phi) is 3.63. The van der Waals surface area contributed by atoms with Crippen molar-refractivity contribution in [3.8, 4) is 0 Å². The van der Waals surface area contributed by atoms with Crippen molar-refractivity contribution in [3.63, 3.8) is 0 Å². The molecule has 1 aromatic heterocycles. The summed E-state index contributed by atoms with van der Waals surface area (Å²) in [6.07, 6.45) is 7.47. The number of hydrogen-bond acceptors (Lipinski definition) is 3. The number of benzene rings is 1. The summed E-state index contributed by atoms with van der Waals surface area (Å²) in [7, 11) is 0. The first-order valence-corrected chi connectivity index (χ1v) is 8.69. The number of imidazole rings is 1. The molecule has 3 heterocycles. The monoisotopic (exact) mass is 338 g/mol. The number of amides is 2. The van der Waals surface area contributed by atoms with Gasteiger partial charge in [0.25, 0.3) is 5.91 Å². The van der Waals surface area contributed by atoms with Gasteiger partial charge in [0.1, 0.15) is 0 Å². The third-order valence-electron chi connectivity index (χ3n) is 5.45. The zero-order valence-electron chi connectivity index (χ0n) is 14.5. The average Bonchev–Trinajstić information content (AvgIpc) is 3.22. The third kappa shape index (κ3) is 2.62. The quantitative estimate of drug-likeness (QED) is 0.915. The van der Waals surface area contributed by atoms with E-state index in [4.69, 9.17) is 0 Å². The first-order valence-electron chi connectivity index (χ1n) is 8.69. The van der Waals surface area contributed by atoms with E-state index in [0.29, 0.717) is 11.6 Å². The number of carbonyl (C=O) groups is 2. The number of carbonyl (C=O) groups excluding carboxylic acids is 2. The lowest BCUT2D eigenvalue weighted by molar-refractivity contribution is -0.119. The van der Waals surface area contributed by atoms with Crippen LogP contribution in [-0.2, 0) is 10.2 Å². The summed E-state index contributed by atoms with van der Waals surface area (Å²) in [4.78, 5) is 31.0. The molecule has 0 unspecified atom stereocenters. The number of nitrogens with one attached hydrogen (secondary N) is 1. The average molecular weight is 338 g/mol. The fraction of sp³-hybridized carbons (Fsp3) is 0.421. The molecule has 2 amide bonds. The summed E-state index contributed by atoms with van der Waals surface area (Å²) in [6.45, 7) is 5.25. The van der Waals surface area contributed by atoms with Crippen LogP contribution in [0.3, 0.4) is 0 Å². The van der Waals surface area contributed by atoms with E-state index in [0.717, 1.165) is 37.2 Å². The summed E-state index contributed by atoms with van der Waals surface area (Å²) in [5, 5.41) is 2.88. The second-order valence-electron chi connectivity index (χ2n) is 7.37. The van der Waals surface area contributed by atoms with Crippen molar-refractivity contribution in [1.29, 1.82) is 0 Å². The van der Waals surface area contributed by atoms with Crippen LogP contribution in [0.1, 0.15) is 48.7 Å². The molecule has 1 aromatic carbocycles. The largest absolute Gasteiger partial charge is 0.338 e. The fourth-order valence-electron chi connectivity index (χ4n) is 3.74. The van der Waals surface area contributed by atoms with Crippen LogP contribution in [0.2, 0.25) is 0 Å². The highest BCUT2D eigenvalue weighted by Gasteiger charge is 2.39. The Morgan fingerprint density at radius 1 is 1.28 bits per heavy atom. The molecule has 1 saturated heterocycles. The van der Waals surface area contributed by atoms with Gasteiger partial charge in [-0.3, -0.25) is 9.59 Å². The summed E-state index contributed by atoms with van der Waals surface area (Å²) in [6, 6.07) is 5.93. The normalized spacial score (nSPS) is 19.6. The minimum atomic E-state index is -0.597. The third-order valence-corrected chi connectivity index (χ3v) is 5.45. The van der Waals surface area contributed by atoms with Gasteiger partial charge in [-0.15, -0.1) is 0 Å². The smallest absolute Gasteiger partial charge is 0.253 e. The van der Waals surface area contributed by atoms with Gasteiger partial charge in [-0.25, -0.2) is 4.98 Å². The highest BCUT2D eigenvalue weighted by atomic mass is 16.2. The number of rotatable bonds is 2. The molecule has 6 heteroatoms. The molecule has 2 aliphatic heterocycles. The molecule has 0 atom stereocenters. The lowest BCUT2D eigenvalue weighted by Crippen LogP contribution is -2.39. The standard InChI is InChI=1S/C19H22N4O2/c1-19(2)15-11-13(3-4-16(15)21-18(19)25)17(24)22-8-5-14(6-9-22)23-10-7-20-12-23/h3-4,7,10-12,14H,5-6,8-9H2,1-2H3,(H,21,25). The lowest BCUT2D eigenvalue weighted by atomic mass is 9.85. The molecule has 4 rings (SSSR count). The molecule has 130 valence electrons. The van der Waals surface area contributed by atoms with Crippen LogP contribution in [0.25, 0.3) is 0 Å². The van der Waals surface area contributed by atoms with Crippen molar-refractivity contribution in [2.24, 2.45) is 0 Å². The Bertz CT molecular complexity index is 818. The van der Waals surface area contributed by atoms with E-state index in [2.05, 4.69) is 14.9 Å². The second-order valence-corrected chi connectivity index (χ2v) is 7.37. The van der Waals surface area contributed by atoms with E-state index in [1.54, 1.807) is 6.20 Å². The van der Waals surface area contributed by atoms with Crippen molar-refractivity contribution >= 4 is 17.5 Å². The van der Waals surface area contributed by atoms with Crippen LogP contribution >= 0.6 is 0 Å². The van der Waals surface area contributed by atoms with E-state index in [-0.39, 0.29) is 11.8 Å². The van der Waals surface area contributed by atoms with Gasteiger partial charge in [-0.05, 0) is 50.5 Å². The number of nitrogens with zero attached hydrogens (tertiary/aromatic N) is 3. The zero-order valence-corrected chi connectivity index (χ0v) is 14.5. The van der Waals surface area contributed by atoms with Crippen LogP contribution in [0.15, 0.2) is 36.9 Å². The lowest BCUT2D eigenvalue weighted by Gasteiger charge is -2.32. The summed E-state index contributed by atoms with van der Waals surface area (Å²) < 4.78 is 2.12. The molecule has 1 fully saturated rings. The predicted molar refractivity (Wildman–Crippen MR) is 94.5 cm³/mol. The van der Waals surface area contributed by atoms with Crippen molar-refractivity contribution < 1.29 is 9.59 Å². The summed E-state index contributed by atoms with van der Waals surface area (Å²) in [5.74, 6) is 0.0234. The minimum absolute atomic E-state index is 0.0201. The topological polar surface area (TPSA) is 67.2 Å². The molecular formula is C19H22N4O2. The zero-order chi connectivity index (χ0) is 17.6. The van der Waals surface area contributed by atoms with Gasteiger partial charge in [0.15, 0.2) is 0 Å². The highest BCUT2D eigenvalue weighted by Crippen LogP contribution is 2.38. The Labute approximate surface area is 146 Å². The van der Waals surface area contributed by atoms with Gasteiger partial charge in [-0.1, -0.05) is 0 Å². The van der Waals surface area contributed by atoms with Crippen LogP contribution in [0.4, 0.5) is 5.69 Å². The van der Waals surface area contributed by atoms with Crippen LogP contribution in [0.5, 0.6) is 0 Å². The maximum Gasteiger partial charge on any atom is 0.253 e. The van der Waals surface area contributed by atoms with Crippen molar-refractivity contribution in [1.82, 2.24) is 14.5 Å². The SMILES string of the molecule is CC1(C)C(=O)Nc2ccc(C(=O)N3CCC(n4ccnc4)CC3)cc21. The number of anilines is 1. The minimum Gasteiger partial charge on any atom is -0.338 e. The second kappa shape index (κ2) is 5.72. The first kappa shape index (κ1) is 15.9. The fourth-order valence-corrected chi connectivity index (χ4v) is 3.74. The van der Waals surface area contributed by atoms with Crippen LogP contribution in [-0.4, -0.2) is 39.4 Å². The molecule has 1 N–H and O–H groups in total. The van der Waals surface area contributed by atoms with E-state index in [9.17, 15) is 9.59 Å². The van der Waals surface area contributed by atoms with Gasteiger partial charge < -0.3 is 14.8 Å². The Morgan fingerprint density at radius 3 is 2.72 bits per heavy atom. The van der Waals surface area contributed by atoms with E-state index in [1.807, 2.05) is 49.5 Å². The van der Waals surface area contributed by atoms with Crippen LogP contribution in [0, 0.1) is 0 Å². The number of aromatic nitrogens is 2. The summed E-state index contributed by atoms with van der Waals surface area (Å²) in [5.41, 5.74) is 1.77. The maximum absolute atomic E-state index is 12.9. The molecule has 2 aliphatic rings.